The molecule has 1 aliphatic heterocycles. The van der Waals surface area contributed by atoms with Crippen molar-refractivity contribution in [3.8, 4) is 0 Å². The second-order valence-corrected chi connectivity index (χ2v) is 5.44. The number of carbonyl (C=O) groups excluding carboxylic acids is 2. The molecule has 6 heteroatoms. The molecule has 3 rings (SSSR count). The fourth-order valence-corrected chi connectivity index (χ4v) is 2.82. The van der Waals surface area contributed by atoms with Gasteiger partial charge in [0.05, 0.1) is 12.3 Å². The molecule has 0 N–H and O–H groups in total. The van der Waals surface area contributed by atoms with Crippen LogP contribution in [0.25, 0.3) is 0 Å². The predicted molar refractivity (Wildman–Crippen MR) is 81.7 cm³/mol. The van der Waals surface area contributed by atoms with E-state index in [4.69, 9.17) is 9.15 Å². The SMILES string of the molecule is CCOC(=O)C1Cc2ccccc2CN1C(=O)c1ocnc1C. The Kier molecular flexibility index (Phi) is 4.14. The van der Waals surface area contributed by atoms with Crippen LogP contribution in [-0.4, -0.2) is 34.4 Å². The maximum atomic E-state index is 12.8. The maximum Gasteiger partial charge on any atom is 0.329 e. The van der Waals surface area contributed by atoms with Gasteiger partial charge in [0, 0.05) is 13.0 Å². The molecule has 1 aliphatic rings. The summed E-state index contributed by atoms with van der Waals surface area (Å²) >= 11 is 0. The van der Waals surface area contributed by atoms with Gasteiger partial charge in [-0.2, -0.15) is 0 Å². The van der Waals surface area contributed by atoms with Gasteiger partial charge in [0.1, 0.15) is 6.04 Å². The van der Waals surface area contributed by atoms with E-state index in [1.165, 1.54) is 11.3 Å². The summed E-state index contributed by atoms with van der Waals surface area (Å²) in [5, 5.41) is 0. The van der Waals surface area contributed by atoms with Crippen molar-refractivity contribution in [1.82, 2.24) is 9.88 Å². The number of oxazole rings is 1. The van der Waals surface area contributed by atoms with Crippen molar-refractivity contribution in [1.29, 1.82) is 0 Å². The van der Waals surface area contributed by atoms with Crippen LogP contribution in [0.5, 0.6) is 0 Å². The van der Waals surface area contributed by atoms with Gasteiger partial charge in [-0.3, -0.25) is 4.79 Å². The quantitative estimate of drug-likeness (QED) is 0.811. The van der Waals surface area contributed by atoms with Crippen molar-refractivity contribution in [3.05, 3.63) is 53.2 Å². The van der Waals surface area contributed by atoms with Crippen LogP contribution in [0.3, 0.4) is 0 Å². The van der Waals surface area contributed by atoms with Gasteiger partial charge in [-0.05, 0) is 25.0 Å². The second-order valence-electron chi connectivity index (χ2n) is 5.44. The highest BCUT2D eigenvalue weighted by molar-refractivity contribution is 5.95. The lowest BCUT2D eigenvalue weighted by Crippen LogP contribution is -2.49. The number of amides is 1. The summed E-state index contributed by atoms with van der Waals surface area (Å²) < 4.78 is 10.3. The minimum atomic E-state index is -0.651. The Labute approximate surface area is 134 Å². The molecule has 0 bridgehead atoms. The van der Waals surface area contributed by atoms with Crippen LogP contribution in [0, 0.1) is 6.92 Å². The van der Waals surface area contributed by atoms with Crippen LogP contribution in [0.4, 0.5) is 0 Å². The van der Waals surface area contributed by atoms with Gasteiger partial charge in [-0.15, -0.1) is 0 Å². The normalized spacial score (nSPS) is 16.8. The number of aromatic nitrogens is 1. The second kappa shape index (κ2) is 6.24. The number of carbonyl (C=O) groups is 2. The van der Waals surface area contributed by atoms with E-state index in [1.807, 2.05) is 24.3 Å². The molecule has 0 saturated carbocycles. The molecule has 2 aromatic rings. The number of aryl methyl sites for hydroxylation is 1. The van der Waals surface area contributed by atoms with Crippen LogP contribution in [0.15, 0.2) is 35.1 Å². The summed E-state index contributed by atoms with van der Waals surface area (Å²) in [6.07, 6.45) is 1.67. The van der Waals surface area contributed by atoms with Gasteiger partial charge in [0.2, 0.25) is 5.76 Å². The van der Waals surface area contributed by atoms with Crippen LogP contribution in [0.1, 0.15) is 34.3 Å². The number of hydrogen-bond donors (Lipinski definition) is 0. The summed E-state index contributed by atoms with van der Waals surface area (Å²) in [7, 11) is 0. The number of fused-ring (bicyclic) bond motifs is 1. The van der Waals surface area contributed by atoms with E-state index in [1.54, 1.807) is 13.8 Å². The van der Waals surface area contributed by atoms with Crippen molar-refractivity contribution < 1.29 is 18.7 Å². The van der Waals surface area contributed by atoms with E-state index in [0.717, 1.165) is 11.1 Å². The fraction of sp³-hybridized carbons (Fsp3) is 0.353. The van der Waals surface area contributed by atoms with Crippen molar-refractivity contribution >= 4 is 11.9 Å². The zero-order valence-electron chi connectivity index (χ0n) is 13.1. The van der Waals surface area contributed by atoms with E-state index in [9.17, 15) is 9.59 Å². The number of benzene rings is 1. The molecule has 0 spiro atoms. The average molecular weight is 314 g/mol. The largest absolute Gasteiger partial charge is 0.464 e. The van der Waals surface area contributed by atoms with Crippen LogP contribution in [-0.2, 0) is 22.5 Å². The van der Waals surface area contributed by atoms with Crippen molar-refractivity contribution in [2.75, 3.05) is 6.61 Å². The zero-order valence-corrected chi connectivity index (χ0v) is 13.1. The highest BCUT2D eigenvalue weighted by atomic mass is 16.5. The van der Waals surface area contributed by atoms with Gasteiger partial charge in [0.15, 0.2) is 6.39 Å². The summed E-state index contributed by atoms with van der Waals surface area (Å²) in [5.41, 5.74) is 2.60. The molecule has 120 valence electrons. The molecule has 6 nitrogen and oxygen atoms in total. The standard InChI is InChI=1S/C17H18N2O4/c1-3-22-17(21)14-8-12-6-4-5-7-13(12)9-19(14)16(20)15-11(2)18-10-23-15/h4-7,10,14H,3,8-9H2,1-2H3. The smallest absolute Gasteiger partial charge is 0.329 e. The molecule has 1 unspecified atom stereocenters. The van der Waals surface area contributed by atoms with Crippen molar-refractivity contribution in [2.45, 2.75) is 32.9 Å². The number of rotatable bonds is 3. The molecule has 1 amide bonds. The molecular formula is C17H18N2O4. The molecule has 1 atom stereocenters. The van der Waals surface area contributed by atoms with E-state index in [-0.39, 0.29) is 18.3 Å². The lowest BCUT2D eigenvalue weighted by molar-refractivity contribution is -0.149. The summed E-state index contributed by atoms with van der Waals surface area (Å²) in [4.78, 5) is 30.6. The van der Waals surface area contributed by atoms with Crippen LogP contribution < -0.4 is 0 Å². The number of nitrogens with zero attached hydrogens (tertiary/aromatic N) is 2. The zero-order chi connectivity index (χ0) is 16.4. The minimum absolute atomic E-state index is 0.165. The molecule has 0 radical (unpaired) electrons. The summed E-state index contributed by atoms with van der Waals surface area (Å²) in [6.45, 7) is 4.08. The molecule has 0 fully saturated rings. The number of esters is 1. The lowest BCUT2D eigenvalue weighted by atomic mass is 9.93. The van der Waals surface area contributed by atoms with Gasteiger partial charge < -0.3 is 14.1 Å². The first-order valence-corrected chi connectivity index (χ1v) is 7.56. The van der Waals surface area contributed by atoms with Gasteiger partial charge in [-0.1, -0.05) is 24.3 Å². The Balaban J connectivity index is 1.96. The third kappa shape index (κ3) is 2.84. The topological polar surface area (TPSA) is 72.6 Å². The van der Waals surface area contributed by atoms with Gasteiger partial charge in [-0.25, -0.2) is 9.78 Å². The first-order valence-electron chi connectivity index (χ1n) is 7.56. The minimum Gasteiger partial charge on any atom is -0.464 e. The van der Waals surface area contributed by atoms with E-state index >= 15 is 0 Å². The molecule has 0 saturated heterocycles. The molecule has 0 aliphatic carbocycles. The summed E-state index contributed by atoms with van der Waals surface area (Å²) in [5.74, 6) is -0.571. The summed E-state index contributed by atoms with van der Waals surface area (Å²) in [6, 6.07) is 7.14. The monoisotopic (exact) mass is 314 g/mol. The Bertz CT molecular complexity index is 738. The van der Waals surface area contributed by atoms with Crippen molar-refractivity contribution in [2.24, 2.45) is 0 Å². The molecular weight excluding hydrogens is 296 g/mol. The highest BCUT2D eigenvalue weighted by Crippen LogP contribution is 2.26. The average Bonchev–Trinajstić information content (AvgIpc) is 2.99. The first kappa shape index (κ1) is 15.3. The number of ether oxygens (including phenoxy) is 1. The lowest BCUT2D eigenvalue weighted by Gasteiger charge is -2.34. The highest BCUT2D eigenvalue weighted by Gasteiger charge is 2.37. The maximum absolute atomic E-state index is 12.8. The van der Waals surface area contributed by atoms with Crippen LogP contribution >= 0.6 is 0 Å². The van der Waals surface area contributed by atoms with E-state index in [0.29, 0.717) is 18.7 Å². The third-order valence-corrected chi connectivity index (χ3v) is 4.01. The van der Waals surface area contributed by atoms with Gasteiger partial charge in [0.25, 0.3) is 5.91 Å². The molecule has 2 heterocycles. The first-order chi connectivity index (χ1) is 11.1. The molecule has 23 heavy (non-hydrogen) atoms. The number of hydrogen-bond acceptors (Lipinski definition) is 5. The van der Waals surface area contributed by atoms with E-state index in [2.05, 4.69) is 4.98 Å². The third-order valence-electron chi connectivity index (χ3n) is 4.01. The Morgan fingerprint density at radius 1 is 1.35 bits per heavy atom. The van der Waals surface area contributed by atoms with Gasteiger partial charge >= 0.3 is 5.97 Å². The molecule has 1 aromatic carbocycles. The van der Waals surface area contributed by atoms with Crippen LogP contribution in [0.2, 0.25) is 0 Å². The fourth-order valence-electron chi connectivity index (χ4n) is 2.82. The van der Waals surface area contributed by atoms with E-state index < -0.39 is 12.0 Å². The Hall–Kier alpha value is -2.63. The Morgan fingerprint density at radius 3 is 2.74 bits per heavy atom. The Morgan fingerprint density at radius 2 is 2.09 bits per heavy atom. The van der Waals surface area contributed by atoms with Crippen molar-refractivity contribution in [3.63, 3.8) is 0 Å². The molecule has 1 aromatic heterocycles. The predicted octanol–water partition coefficient (Wildman–Crippen LogP) is 2.11.